The maximum absolute atomic E-state index is 11.6. The minimum Gasteiger partial charge on any atom is -0.449 e. The minimum atomic E-state index is -0.692. The molecule has 1 aliphatic heterocycles. The third-order valence-electron chi connectivity index (χ3n) is 5.90. The van der Waals surface area contributed by atoms with Crippen molar-refractivity contribution >= 4 is 0 Å². The Balaban J connectivity index is 1.60. The van der Waals surface area contributed by atoms with Crippen molar-refractivity contribution in [2.24, 2.45) is 5.92 Å². The lowest BCUT2D eigenvalue weighted by molar-refractivity contribution is -0.123. The van der Waals surface area contributed by atoms with Crippen LogP contribution in [0.25, 0.3) is 0 Å². The molecule has 2 aliphatic rings. The summed E-state index contributed by atoms with van der Waals surface area (Å²) in [4.78, 5) is 6.98. The highest BCUT2D eigenvalue weighted by Gasteiger charge is 2.48. The van der Waals surface area contributed by atoms with Crippen LogP contribution < -0.4 is 0 Å². The first-order valence-electron chi connectivity index (χ1n) is 9.10. The molecule has 3 atom stereocenters. The van der Waals surface area contributed by atoms with Crippen molar-refractivity contribution < 1.29 is 9.52 Å². The molecule has 4 rings (SSSR count). The second-order valence-corrected chi connectivity index (χ2v) is 7.33. The fraction of sp³-hybridized carbons (Fsp3) is 0.550. The average Bonchev–Trinajstić information content (AvgIpc) is 3.03. The zero-order chi connectivity index (χ0) is 16.6. The number of aromatic nitrogens is 1. The van der Waals surface area contributed by atoms with Crippen molar-refractivity contribution in [3.63, 3.8) is 0 Å². The summed E-state index contributed by atoms with van der Waals surface area (Å²) in [5.41, 5.74) is 1.39. The Morgan fingerprint density at radius 1 is 1.25 bits per heavy atom. The van der Waals surface area contributed by atoms with Crippen LogP contribution in [0.2, 0.25) is 0 Å². The first-order chi connectivity index (χ1) is 11.7. The Labute approximate surface area is 143 Å². The lowest BCUT2D eigenvalue weighted by Gasteiger charge is -2.52. The summed E-state index contributed by atoms with van der Waals surface area (Å²) in [6.45, 7) is 3.61. The normalized spacial score (nSPS) is 30.9. The fourth-order valence-electron chi connectivity index (χ4n) is 4.74. The molecule has 1 saturated carbocycles. The van der Waals surface area contributed by atoms with Gasteiger partial charge in [0.2, 0.25) is 0 Å². The maximum atomic E-state index is 11.6. The van der Waals surface area contributed by atoms with E-state index in [1.165, 1.54) is 12.8 Å². The first-order valence-corrected chi connectivity index (χ1v) is 9.10. The smallest absolute Gasteiger partial charge is 0.191 e. The number of hydrogen-bond donors (Lipinski definition) is 1. The molecule has 0 amide bonds. The SMILES string of the molecule is Cc1nc(CN2CC[C@@](O)(c3ccccc3)[C@H]3CCCC[C@@H]32)co1. The summed E-state index contributed by atoms with van der Waals surface area (Å²) in [5, 5.41) is 11.6. The molecule has 1 aliphatic carbocycles. The van der Waals surface area contributed by atoms with Crippen LogP contribution in [-0.2, 0) is 12.1 Å². The largest absolute Gasteiger partial charge is 0.449 e. The summed E-state index contributed by atoms with van der Waals surface area (Å²) >= 11 is 0. The summed E-state index contributed by atoms with van der Waals surface area (Å²) in [7, 11) is 0. The van der Waals surface area contributed by atoms with Gasteiger partial charge in [0.25, 0.3) is 0 Å². The lowest BCUT2D eigenvalue weighted by Crippen LogP contribution is -2.57. The number of oxazole rings is 1. The number of rotatable bonds is 3. The van der Waals surface area contributed by atoms with Crippen molar-refractivity contribution in [3.8, 4) is 0 Å². The van der Waals surface area contributed by atoms with Crippen LogP contribution in [0, 0.1) is 12.8 Å². The number of piperidine rings is 1. The van der Waals surface area contributed by atoms with E-state index in [2.05, 4.69) is 22.0 Å². The number of nitrogens with zero attached hydrogens (tertiary/aromatic N) is 2. The molecule has 2 aromatic rings. The van der Waals surface area contributed by atoms with Gasteiger partial charge in [-0.2, -0.15) is 0 Å². The van der Waals surface area contributed by atoms with Gasteiger partial charge in [-0.3, -0.25) is 4.90 Å². The number of benzene rings is 1. The van der Waals surface area contributed by atoms with Gasteiger partial charge in [0.15, 0.2) is 5.89 Å². The Bertz CT molecular complexity index is 684. The molecule has 1 saturated heterocycles. The predicted octanol–water partition coefficient (Wildman–Crippen LogP) is 3.64. The van der Waals surface area contributed by atoms with Crippen LogP contribution in [0.3, 0.4) is 0 Å². The van der Waals surface area contributed by atoms with Crippen LogP contribution in [0.4, 0.5) is 0 Å². The van der Waals surface area contributed by atoms with Gasteiger partial charge in [-0.1, -0.05) is 43.2 Å². The molecular formula is C20H26N2O2. The van der Waals surface area contributed by atoms with Gasteiger partial charge in [0.05, 0.1) is 11.3 Å². The zero-order valence-corrected chi connectivity index (χ0v) is 14.3. The molecule has 1 aromatic heterocycles. The fourth-order valence-corrected chi connectivity index (χ4v) is 4.74. The van der Waals surface area contributed by atoms with Crippen LogP contribution in [-0.4, -0.2) is 27.6 Å². The Kier molecular flexibility index (Phi) is 4.19. The van der Waals surface area contributed by atoms with E-state index in [9.17, 15) is 5.11 Å². The highest BCUT2D eigenvalue weighted by Crippen LogP contribution is 2.47. The molecule has 0 unspecified atom stereocenters. The molecule has 2 heterocycles. The van der Waals surface area contributed by atoms with E-state index in [4.69, 9.17) is 4.42 Å². The van der Waals surface area contributed by atoms with Gasteiger partial charge in [-0.05, 0) is 24.8 Å². The molecule has 0 bridgehead atoms. The summed E-state index contributed by atoms with van der Waals surface area (Å²) in [5.74, 6) is 1.03. The summed E-state index contributed by atoms with van der Waals surface area (Å²) < 4.78 is 5.37. The van der Waals surface area contributed by atoms with Crippen LogP contribution in [0.5, 0.6) is 0 Å². The number of hydrogen-bond acceptors (Lipinski definition) is 4. The molecule has 128 valence electrons. The highest BCUT2D eigenvalue weighted by atomic mass is 16.3. The van der Waals surface area contributed by atoms with Gasteiger partial charge in [0, 0.05) is 32.0 Å². The number of likely N-dealkylation sites (tertiary alicyclic amines) is 1. The molecule has 24 heavy (non-hydrogen) atoms. The quantitative estimate of drug-likeness (QED) is 0.935. The van der Waals surface area contributed by atoms with Gasteiger partial charge in [0.1, 0.15) is 6.26 Å². The first kappa shape index (κ1) is 15.9. The topological polar surface area (TPSA) is 49.5 Å². The molecule has 4 heteroatoms. The number of fused-ring (bicyclic) bond motifs is 1. The Morgan fingerprint density at radius 2 is 2.04 bits per heavy atom. The zero-order valence-electron chi connectivity index (χ0n) is 14.3. The van der Waals surface area contributed by atoms with Crippen LogP contribution in [0.1, 0.15) is 49.3 Å². The second-order valence-electron chi connectivity index (χ2n) is 7.33. The van der Waals surface area contributed by atoms with E-state index >= 15 is 0 Å². The summed E-state index contributed by atoms with van der Waals surface area (Å²) in [6.07, 6.45) is 7.29. The van der Waals surface area contributed by atoms with Gasteiger partial charge < -0.3 is 9.52 Å². The highest BCUT2D eigenvalue weighted by molar-refractivity contribution is 5.25. The molecule has 1 N–H and O–H groups in total. The molecule has 1 aromatic carbocycles. The van der Waals surface area contributed by atoms with E-state index in [0.717, 1.165) is 49.5 Å². The van der Waals surface area contributed by atoms with Crippen LogP contribution >= 0.6 is 0 Å². The van der Waals surface area contributed by atoms with Gasteiger partial charge >= 0.3 is 0 Å². The van der Waals surface area contributed by atoms with Crippen molar-refractivity contribution in [1.29, 1.82) is 0 Å². The lowest BCUT2D eigenvalue weighted by atomic mass is 9.66. The monoisotopic (exact) mass is 326 g/mol. The average molecular weight is 326 g/mol. The molecule has 2 fully saturated rings. The third-order valence-corrected chi connectivity index (χ3v) is 5.90. The molecular weight excluding hydrogens is 300 g/mol. The number of aliphatic hydroxyl groups is 1. The molecule has 0 radical (unpaired) electrons. The summed E-state index contributed by atoms with van der Waals surface area (Å²) in [6, 6.07) is 10.7. The number of aryl methyl sites for hydroxylation is 1. The van der Waals surface area contributed by atoms with Crippen LogP contribution in [0.15, 0.2) is 41.0 Å². The van der Waals surface area contributed by atoms with E-state index in [1.54, 1.807) is 6.26 Å². The van der Waals surface area contributed by atoms with E-state index in [-0.39, 0.29) is 0 Å². The maximum Gasteiger partial charge on any atom is 0.191 e. The Hall–Kier alpha value is -1.65. The van der Waals surface area contributed by atoms with E-state index in [1.807, 2.05) is 25.1 Å². The van der Waals surface area contributed by atoms with Crippen molar-refractivity contribution in [1.82, 2.24) is 9.88 Å². The molecule has 0 spiro atoms. The van der Waals surface area contributed by atoms with Crippen molar-refractivity contribution in [3.05, 3.63) is 53.7 Å². The minimum absolute atomic E-state index is 0.301. The van der Waals surface area contributed by atoms with Gasteiger partial charge in [-0.15, -0.1) is 0 Å². The standard InChI is InChI=1S/C20H26N2O2/c1-15-21-17(14-24-15)13-22-12-11-20(23,16-7-3-2-4-8-16)18-9-5-6-10-19(18)22/h2-4,7-8,14,18-19,23H,5-6,9-13H2,1H3/t18-,19-,20+/m0/s1. The van der Waals surface area contributed by atoms with Crippen molar-refractivity contribution in [2.45, 2.75) is 57.2 Å². The Morgan fingerprint density at radius 3 is 2.79 bits per heavy atom. The van der Waals surface area contributed by atoms with Gasteiger partial charge in [-0.25, -0.2) is 4.98 Å². The molecule has 4 nitrogen and oxygen atoms in total. The second kappa shape index (κ2) is 6.34. The third kappa shape index (κ3) is 2.78. The predicted molar refractivity (Wildman–Crippen MR) is 92.4 cm³/mol. The van der Waals surface area contributed by atoms with E-state index in [0.29, 0.717) is 12.0 Å². The van der Waals surface area contributed by atoms with E-state index < -0.39 is 5.60 Å². The van der Waals surface area contributed by atoms with Crippen molar-refractivity contribution in [2.75, 3.05) is 6.54 Å².